The van der Waals surface area contributed by atoms with Gasteiger partial charge in [0.25, 0.3) is 0 Å². The molecule has 0 atom stereocenters. The molecular weight excluding hydrogens is 540 g/mol. The molecule has 1 fully saturated rings. The lowest BCUT2D eigenvalue weighted by molar-refractivity contribution is 0.182. The van der Waals surface area contributed by atoms with Crippen LogP contribution in [0.25, 0.3) is 0 Å². The highest BCUT2D eigenvalue weighted by Gasteiger charge is 2.30. The number of carbonyl (C=O) groups excluding carboxylic acids is 1. The van der Waals surface area contributed by atoms with Crippen molar-refractivity contribution in [2.24, 2.45) is 0 Å². The van der Waals surface area contributed by atoms with E-state index in [1.165, 1.54) is 0 Å². The number of pyridine rings is 1. The van der Waals surface area contributed by atoms with Gasteiger partial charge in [-0.3, -0.25) is 14.5 Å². The molecule has 0 unspecified atom stereocenters. The van der Waals surface area contributed by atoms with Crippen LogP contribution in [0, 0.1) is 0 Å². The second kappa shape index (κ2) is 12.8. The molecule has 0 bridgehead atoms. The van der Waals surface area contributed by atoms with Crippen molar-refractivity contribution in [1.29, 1.82) is 0 Å². The zero-order chi connectivity index (χ0) is 28.7. The first-order chi connectivity index (χ1) is 19.8. The van der Waals surface area contributed by atoms with E-state index in [4.69, 9.17) is 9.47 Å². The molecule has 1 aliphatic rings. The van der Waals surface area contributed by atoms with Crippen molar-refractivity contribution in [2.45, 2.75) is 25.4 Å². The van der Waals surface area contributed by atoms with Crippen LogP contribution in [0.1, 0.15) is 18.4 Å². The lowest BCUT2D eigenvalue weighted by atomic mass is 10.0. The number of amides is 1. The molecule has 4 aromatic rings. The predicted octanol–water partition coefficient (Wildman–Crippen LogP) is 5.92. The lowest BCUT2D eigenvalue weighted by Gasteiger charge is -2.38. The maximum Gasteiger partial charge on any atom is 0.420 e. The van der Waals surface area contributed by atoms with E-state index < -0.39 is 10.0 Å². The van der Waals surface area contributed by atoms with E-state index in [9.17, 15) is 13.2 Å². The summed E-state index contributed by atoms with van der Waals surface area (Å²) < 4.78 is 36.7. The first-order valence-electron chi connectivity index (χ1n) is 13.4. The molecule has 41 heavy (non-hydrogen) atoms. The van der Waals surface area contributed by atoms with Gasteiger partial charge in [0, 0.05) is 49.3 Å². The van der Waals surface area contributed by atoms with Gasteiger partial charge in [-0.05, 0) is 66.9 Å². The minimum atomic E-state index is -3.33. The topological polar surface area (TPSA) is 101 Å². The van der Waals surface area contributed by atoms with E-state index in [1.54, 1.807) is 47.5 Å². The molecule has 2 heterocycles. The molecule has 3 aromatic carbocycles. The van der Waals surface area contributed by atoms with E-state index in [0.29, 0.717) is 23.1 Å². The number of ether oxygens (including phenoxy) is 2. The minimum Gasteiger partial charge on any atom is -0.439 e. The SMILES string of the molecule is CS(=O)(=O)Nc1ccc(Oc2ccc(CN3CCC(N(C(=O)Oc4ccccc4)c4ccccc4)CC3)cn2)cc1. The monoisotopic (exact) mass is 572 g/mol. The van der Waals surface area contributed by atoms with Crippen LogP contribution in [0.4, 0.5) is 16.2 Å². The highest BCUT2D eigenvalue weighted by Crippen LogP contribution is 2.27. The summed E-state index contributed by atoms with van der Waals surface area (Å²) in [4.78, 5) is 21.8. The summed E-state index contributed by atoms with van der Waals surface area (Å²) in [5, 5.41) is 0. The summed E-state index contributed by atoms with van der Waals surface area (Å²) in [6.07, 6.45) is 4.17. The largest absolute Gasteiger partial charge is 0.439 e. The lowest BCUT2D eigenvalue weighted by Crippen LogP contribution is -2.48. The van der Waals surface area contributed by atoms with E-state index >= 15 is 0 Å². The summed E-state index contributed by atoms with van der Waals surface area (Å²) in [6.45, 7) is 2.41. The van der Waals surface area contributed by atoms with Gasteiger partial charge in [-0.1, -0.05) is 42.5 Å². The van der Waals surface area contributed by atoms with Crippen LogP contribution < -0.4 is 19.1 Å². The Morgan fingerprint density at radius 1 is 0.902 bits per heavy atom. The van der Waals surface area contributed by atoms with Crippen LogP contribution in [-0.2, 0) is 16.6 Å². The van der Waals surface area contributed by atoms with Gasteiger partial charge in [-0.2, -0.15) is 0 Å². The number of rotatable bonds is 9. The van der Waals surface area contributed by atoms with Crippen molar-refractivity contribution in [1.82, 2.24) is 9.88 Å². The highest BCUT2D eigenvalue weighted by molar-refractivity contribution is 7.92. The number of nitrogens with one attached hydrogen (secondary N) is 1. The molecule has 1 amide bonds. The maximum atomic E-state index is 13.3. The van der Waals surface area contributed by atoms with Gasteiger partial charge in [0.05, 0.1) is 6.26 Å². The fourth-order valence-electron chi connectivity index (χ4n) is 4.78. The molecule has 0 saturated carbocycles. The molecule has 0 aliphatic carbocycles. The van der Waals surface area contributed by atoms with Gasteiger partial charge in [-0.25, -0.2) is 18.2 Å². The number of hydrogen-bond acceptors (Lipinski definition) is 7. The van der Waals surface area contributed by atoms with Crippen molar-refractivity contribution in [3.8, 4) is 17.4 Å². The van der Waals surface area contributed by atoms with Crippen molar-refractivity contribution < 1.29 is 22.7 Å². The summed E-state index contributed by atoms with van der Waals surface area (Å²) in [7, 11) is -3.33. The average Bonchev–Trinajstić information content (AvgIpc) is 2.97. The zero-order valence-corrected chi connectivity index (χ0v) is 23.5. The highest BCUT2D eigenvalue weighted by atomic mass is 32.2. The number of likely N-dealkylation sites (tertiary alicyclic amines) is 1. The Morgan fingerprint density at radius 3 is 2.17 bits per heavy atom. The smallest absolute Gasteiger partial charge is 0.420 e. The average molecular weight is 573 g/mol. The van der Waals surface area contributed by atoms with Crippen molar-refractivity contribution in [3.05, 3.63) is 109 Å². The van der Waals surface area contributed by atoms with Crippen LogP contribution in [0.2, 0.25) is 0 Å². The summed E-state index contributed by atoms with van der Waals surface area (Å²) in [5.74, 6) is 1.53. The van der Waals surface area contributed by atoms with E-state index in [2.05, 4.69) is 14.6 Å². The van der Waals surface area contributed by atoms with Gasteiger partial charge in [0.2, 0.25) is 15.9 Å². The Morgan fingerprint density at radius 2 is 1.56 bits per heavy atom. The first-order valence-corrected chi connectivity index (χ1v) is 15.3. The van der Waals surface area contributed by atoms with Crippen LogP contribution >= 0.6 is 0 Å². The quantitative estimate of drug-likeness (QED) is 0.266. The molecular formula is C31H32N4O5S. The number of piperidine rings is 1. The second-order valence-electron chi connectivity index (χ2n) is 9.90. The molecule has 1 saturated heterocycles. The number of sulfonamides is 1. The molecule has 9 nitrogen and oxygen atoms in total. The first kappa shape index (κ1) is 28.1. The third-order valence-electron chi connectivity index (χ3n) is 6.69. The summed E-state index contributed by atoms with van der Waals surface area (Å²) in [5.41, 5.74) is 2.35. The Kier molecular flexibility index (Phi) is 8.81. The number of anilines is 2. The number of hydrogen-bond donors (Lipinski definition) is 1. The van der Waals surface area contributed by atoms with E-state index in [-0.39, 0.29) is 12.1 Å². The van der Waals surface area contributed by atoms with Crippen molar-refractivity contribution >= 4 is 27.5 Å². The Labute approximate surface area is 240 Å². The molecule has 1 N–H and O–H groups in total. The molecule has 212 valence electrons. The van der Waals surface area contributed by atoms with Gasteiger partial charge >= 0.3 is 6.09 Å². The fourth-order valence-corrected chi connectivity index (χ4v) is 5.34. The van der Waals surface area contributed by atoms with Crippen molar-refractivity contribution in [2.75, 3.05) is 29.0 Å². The number of aromatic nitrogens is 1. The third kappa shape index (κ3) is 8.06. The Balaban J connectivity index is 1.16. The molecule has 0 spiro atoms. The fraction of sp³-hybridized carbons (Fsp3) is 0.226. The van der Waals surface area contributed by atoms with E-state index in [0.717, 1.165) is 50.0 Å². The number of nitrogens with zero attached hydrogens (tertiary/aromatic N) is 3. The molecule has 0 radical (unpaired) electrons. The Hall–Kier alpha value is -4.41. The maximum absolute atomic E-state index is 13.3. The predicted molar refractivity (Wildman–Crippen MR) is 159 cm³/mol. The Bertz CT molecular complexity index is 1530. The van der Waals surface area contributed by atoms with Crippen LogP contribution in [0.15, 0.2) is 103 Å². The number of para-hydroxylation sites is 2. The van der Waals surface area contributed by atoms with Crippen molar-refractivity contribution in [3.63, 3.8) is 0 Å². The van der Waals surface area contributed by atoms with Gasteiger partial charge in [0.1, 0.15) is 11.5 Å². The molecule has 10 heteroatoms. The van der Waals surface area contributed by atoms with Crippen LogP contribution in [0.3, 0.4) is 0 Å². The molecule has 1 aliphatic heterocycles. The zero-order valence-electron chi connectivity index (χ0n) is 22.7. The number of benzene rings is 3. The third-order valence-corrected chi connectivity index (χ3v) is 7.29. The van der Waals surface area contributed by atoms with Gasteiger partial charge in [0.15, 0.2) is 0 Å². The molecule has 1 aromatic heterocycles. The van der Waals surface area contributed by atoms with Gasteiger partial charge < -0.3 is 9.47 Å². The summed E-state index contributed by atoms with van der Waals surface area (Å²) >= 11 is 0. The minimum absolute atomic E-state index is 0.0257. The number of carbonyl (C=O) groups is 1. The van der Waals surface area contributed by atoms with Crippen LogP contribution in [-0.4, -0.2) is 49.8 Å². The molecule has 5 rings (SSSR count). The summed E-state index contributed by atoms with van der Waals surface area (Å²) in [6, 6.07) is 29.3. The normalized spacial score (nSPS) is 14.3. The van der Waals surface area contributed by atoms with E-state index in [1.807, 2.05) is 60.7 Å². The second-order valence-corrected chi connectivity index (χ2v) is 11.6. The van der Waals surface area contributed by atoms with Crippen LogP contribution in [0.5, 0.6) is 17.4 Å². The van der Waals surface area contributed by atoms with Gasteiger partial charge in [-0.15, -0.1) is 0 Å². The standard InChI is InChI=1S/C31H32N4O5S/c1-41(37,38)33-25-13-15-29(16-14-25)39-30-17-12-24(22-32-30)23-34-20-18-27(19-21-34)35(26-8-4-2-5-9-26)31(36)40-28-10-6-3-7-11-28/h2-17,22,27,33H,18-21,23H2,1H3.